The number of hydrogen-bond acceptors (Lipinski definition) is 2. The number of hydrogen-bond donors (Lipinski definition) is 1. The Morgan fingerprint density at radius 2 is 1.89 bits per heavy atom. The lowest BCUT2D eigenvalue weighted by Gasteiger charge is -2.28. The molecule has 1 aliphatic rings. The van der Waals surface area contributed by atoms with Crippen molar-refractivity contribution in [1.82, 2.24) is 5.32 Å². The minimum absolute atomic E-state index is 0.664. The van der Waals surface area contributed by atoms with Crippen molar-refractivity contribution in [3.63, 3.8) is 0 Å². The van der Waals surface area contributed by atoms with E-state index < -0.39 is 0 Å². The van der Waals surface area contributed by atoms with Crippen molar-refractivity contribution in [1.29, 1.82) is 0 Å². The highest BCUT2D eigenvalue weighted by atomic mass is 16.5. The first-order valence-corrected chi connectivity index (χ1v) is 7.77. The maximum absolute atomic E-state index is 5.69. The van der Waals surface area contributed by atoms with Gasteiger partial charge in [-0.05, 0) is 50.8 Å². The molecule has 0 amide bonds. The summed E-state index contributed by atoms with van der Waals surface area (Å²) in [6.45, 7) is 4.20. The average molecular weight is 261 g/mol. The second-order valence-corrected chi connectivity index (χ2v) is 5.66. The van der Waals surface area contributed by atoms with Crippen LogP contribution in [0.25, 0.3) is 0 Å². The molecule has 0 heterocycles. The summed E-state index contributed by atoms with van der Waals surface area (Å²) in [4.78, 5) is 0. The molecule has 1 fully saturated rings. The normalized spacial score (nSPS) is 18.2. The molecule has 0 saturated heterocycles. The molecule has 1 atom stereocenters. The summed E-state index contributed by atoms with van der Waals surface area (Å²) in [6, 6.07) is 10.7. The van der Waals surface area contributed by atoms with Crippen molar-refractivity contribution in [2.45, 2.75) is 51.5 Å². The Morgan fingerprint density at radius 1 is 1.16 bits per heavy atom. The standard InChI is InChI=1S/C17H27NO/c1-15(16-9-4-2-5-10-16)18-13-8-14-19-17-11-6-3-7-12-17/h3,6-7,11-12,15-16,18H,2,4-5,8-10,13-14H2,1H3/t15-/m0/s1. The van der Waals surface area contributed by atoms with E-state index in [0.717, 1.165) is 31.2 Å². The molecule has 1 aromatic rings. The Labute approximate surface area is 117 Å². The second-order valence-electron chi connectivity index (χ2n) is 5.66. The third kappa shape index (κ3) is 5.23. The number of para-hydroxylation sites is 1. The van der Waals surface area contributed by atoms with Crippen molar-refractivity contribution in [2.75, 3.05) is 13.2 Å². The van der Waals surface area contributed by atoms with Gasteiger partial charge < -0.3 is 10.1 Å². The predicted octanol–water partition coefficient (Wildman–Crippen LogP) is 4.01. The molecular weight excluding hydrogens is 234 g/mol. The summed E-state index contributed by atoms with van der Waals surface area (Å²) in [7, 11) is 0. The quantitative estimate of drug-likeness (QED) is 0.749. The van der Waals surface area contributed by atoms with Gasteiger partial charge in [0.25, 0.3) is 0 Å². The fourth-order valence-electron chi connectivity index (χ4n) is 2.91. The maximum atomic E-state index is 5.69. The van der Waals surface area contributed by atoms with Crippen LogP contribution in [0.2, 0.25) is 0 Å². The maximum Gasteiger partial charge on any atom is 0.119 e. The monoisotopic (exact) mass is 261 g/mol. The van der Waals surface area contributed by atoms with Gasteiger partial charge in [0.15, 0.2) is 0 Å². The predicted molar refractivity (Wildman–Crippen MR) is 80.6 cm³/mol. The first-order chi connectivity index (χ1) is 9.36. The zero-order valence-electron chi connectivity index (χ0n) is 12.1. The molecule has 0 radical (unpaired) electrons. The molecule has 0 bridgehead atoms. The van der Waals surface area contributed by atoms with Crippen molar-refractivity contribution in [3.05, 3.63) is 30.3 Å². The van der Waals surface area contributed by atoms with E-state index in [1.54, 1.807) is 0 Å². The van der Waals surface area contributed by atoms with E-state index >= 15 is 0 Å². The lowest BCUT2D eigenvalue weighted by molar-refractivity contribution is 0.267. The van der Waals surface area contributed by atoms with Crippen LogP contribution >= 0.6 is 0 Å². The molecule has 2 nitrogen and oxygen atoms in total. The molecule has 1 aromatic carbocycles. The lowest BCUT2D eigenvalue weighted by Crippen LogP contribution is -2.35. The number of ether oxygens (including phenoxy) is 1. The van der Waals surface area contributed by atoms with Gasteiger partial charge in [-0.2, -0.15) is 0 Å². The Hall–Kier alpha value is -1.02. The van der Waals surface area contributed by atoms with Crippen LogP contribution in [-0.4, -0.2) is 19.2 Å². The van der Waals surface area contributed by atoms with Gasteiger partial charge >= 0.3 is 0 Å². The molecule has 1 N–H and O–H groups in total. The van der Waals surface area contributed by atoms with Gasteiger partial charge in [0, 0.05) is 6.04 Å². The Balaban J connectivity index is 1.54. The van der Waals surface area contributed by atoms with Gasteiger partial charge in [-0.1, -0.05) is 37.5 Å². The summed E-state index contributed by atoms with van der Waals surface area (Å²) in [5.74, 6) is 1.87. The second kappa shape index (κ2) is 8.21. The van der Waals surface area contributed by atoms with E-state index in [1.807, 2.05) is 30.3 Å². The smallest absolute Gasteiger partial charge is 0.119 e. The summed E-state index contributed by atoms with van der Waals surface area (Å²) in [6.07, 6.45) is 8.19. The highest BCUT2D eigenvalue weighted by molar-refractivity contribution is 5.20. The topological polar surface area (TPSA) is 21.3 Å². The lowest BCUT2D eigenvalue weighted by atomic mass is 9.84. The first kappa shape index (κ1) is 14.4. The van der Waals surface area contributed by atoms with Crippen LogP contribution in [0.1, 0.15) is 45.4 Å². The number of nitrogens with one attached hydrogen (secondary N) is 1. The molecule has 106 valence electrons. The molecular formula is C17H27NO. The van der Waals surface area contributed by atoms with Crippen molar-refractivity contribution in [3.8, 4) is 5.75 Å². The van der Waals surface area contributed by atoms with Crippen LogP contribution in [0.15, 0.2) is 30.3 Å². The van der Waals surface area contributed by atoms with Crippen molar-refractivity contribution in [2.24, 2.45) is 5.92 Å². The highest BCUT2D eigenvalue weighted by Gasteiger charge is 2.18. The number of rotatable bonds is 7. The summed E-state index contributed by atoms with van der Waals surface area (Å²) >= 11 is 0. The Kier molecular flexibility index (Phi) is 6.22. The van der Waals surface area contributed by atoms with Crippen LogP contribution in [0, 0.1) is 5.92 Å². The molecule has 1 aliphatic carbocycles. The van der Waals surface area contributed by atoms with E-state index in [2.05, 4.69) is 12.2 Å². The molecule has 19 heavy (non-hydrogen) atoms. The van der Waals surface area contributed by atoms with E-state index in [-0.39, 0.29) is 0 Å². The Bertz CT molecular complexity index is 332. The summed E-state index contributed by atoms with van der Waals surface area (Å²) in [5, 5.41) is 3.66. The first-order valence-electron chi connectivity index (χ1n) is 7.77. The third-order valence-electron chi connectivity index (χ3n) is 4.16. The largest absolute Gasteiger partial charge is 0.494 e. The highest BCUT2D eigenvalue weighted by Crippen LogP contribution is 2.26. The van der Waals surface area contributed by atoms with Crippen LogP contribution in [-0.2, 0) is 0 Å². The number of benzene rings is 1. The third-order valence-corrected chi connectivity index (χ3v) is 4.16. The van der Waals surface area contributed by atoms with Crippen LogP contribution in [0.3, 0.4) is 0 Å². The summed E-state index contributed by atoms with van der Waals surface area (Å²) in [5.41, 5.74) is 0. The van der Waals surface area contributed by atoms with Crippen molar-refractivity contribution < 1.29 is 4.74 Å². The van der Waals surface area contributed by atoms with Gasteiger partial charge in [0.1, 0.15) is 5.75 Å². The molecule has 0 unspecified atom stereocenters. The SMILES string of the molecule is C[C@H](NCCCOc1ccccc1)C1CCCCC1. The Morgan fingerprint density at radius 3 is 2.63 bits per heavy atom. The summed E-state index contributed by atoms with van der Waals surface area (Å²) < 4.78 is 5.69. The molecule has 0 spiro atoms. The van der Waals surface area contributed by atoms with Gasteiger partial charge in [0.2, 0.25) is 0 Å². The molecule has 0 aromatic heterocycles. The van der Waals surface area contributed by atoms with Gasteiger partial charge in [-0.25, -0.2) is 0 Å². The van der Waals surface area contributed by atoms with E-state index in [0.29, 0.717) is 6.04 Å². The molecule has 0 aliphatic heterocycles. The zero-order valence-corrected chi connectivity index (χ0v) is 12.1. The van der Waals surface area contributed by atoms with Gasteiger partial charge in [-0.3, -0.25) is 0 Å². The van der Waals surface area contributed by atoms with E-state index in [4.69, 9.17) is 4.74 Å². The minimum atomic E-state index is 0.664. The van der Waals surface area contributed by atoms with Crippen molar-refractivity contribution >= 4 is 0 Å². The molecule has 2 heteroatoms. The van der Waals surface area contributed by atoms with E-state index in [1.165, 1.54) is 32.1 Å². The van der Waals surface area contributed by atoms with Crippen LogP contribution in [0.5, 0.6) is 5.75 Å². The van der Waals surface area contributed by atoms with Gasteiger partial charge in [-0.15, -0.1) is 0 Å². The van der Waals surface area contributed by atoms with Crippen LogP contribution in [0.4, 0.5) is 0 Å². The van der Waals surface area contributed by atoms with Gasteiger partial charge in [0.05, 0.1) is 6.61 Å². The molecule has 2 rings (SSSR count). The fourth-order valence-corrected chi connectivity index (χ4v) is 2.91. The molecule has 1 saturated carbocycles. The van der Waals surface area contributed by atoms with E-state index in [9.17, 15) is 0 Å². The minimum Gasteiger partial charge on any atom is -0.494 e. The zero-order chi connectivity index (χ0) is 13.3. The fraction of sp³-hybridized carbons (Fsp3) is 0.647. The van der Waals surface area contributed by atoms with Crippen LogP contribution < -0.4 is 10.1 Å². The average Bonchev–Trinajstić information content (AvgIpc) is 2.49.